The Morgan fingerprint density at radius 3 is 3.00 bits per heavy atom. The van der Waals surface area contributed by atoms with E-state index in [4.69, 9.17) is 11.6 Å². The minimum absolute atomic E-state index is 0.124. The van der Waals surface area contributed by atoms with Gasteiger partial charge in [0.2, 0.25) is 5.91 Å². The van der Waals surface area contributed by atoms with Crippen molar-refractivity contribution in [1.29, 1.82) is 0 Å². The number of pyridine rings is 1. The molecule has 2 heterocycles. The fourth-order valence-corrected chi connectivity index (χ4v) is 2.55. The van der Waals surface area contributed by atoms with Gasteiger partial charge in [-0.05, 0) is 31.5 Å². The van der Waals surface area contributed by atoms with Crippen LogP contribution in [0.2, 0.25) is 5.15 Å². The van der Waals surface area contributed by atoms with E-state index in [9.17, 15) is 4.79 Å². The van der Waals surface area contributed by atoms with E-state index in [1.807, 2.05) is 13.0 Å². The first-order valence-corrected chi connectivity index (χ1v) is 6.46. The van der Waals surface area contributed by atoms with Crippen LogP contribution >= 0.6 is 11.6 Å². The normalized spacial score (nSPS) is 24.2. The van der Waals surface area contributed by atoms with E-state index in [1.54, 1.807) is 19.3 Å². The second-order valence-corrected chi connectivity index (χ2v) is 5.48. The molecular formula is C13H18ClN3O. The lowest BCUT2D eigenvalue weighted by molar-refractivity contribution is -0.129. The summed E-state index contributed by atoms with van der Waals surface area (Å²) < 4.78 is 0. The van der Waals surface area contributed by atoms with E-state index in [2.05, 4.69) is 15.2 Å². The summed E-state index contributed by atoms with van der Waals surface area (Å²) >= 11 is 5.76. The highest BCUT2D eigenvalue weighted by Crippen LogP contribution is 2.30. The van der Waals surface area contributed by atoms with E-state index in [0.29, 0.717) is 5.15 Å². The zero-order valence-electron chi connectivity index (χ0n) is 10.7. The van der Waals surface area contributed by atoms with E-state index >= 15 is 0 Å². The Hall–Kier alpha value is -1.13. The van der Waals surface area contributed by atoms with Crippen LogP contribution in [0.3, 0.4) is 0 Å². The number of carbonyl (C=O) groups excluding carboxylic acids is 1. The summed E-state index contributed by atoms with van der Waals surface area (Å²) in [5.74, 6) is 0.124. The highest BCUT2D eigenvalue weighted by atomic mass is 35.5. The molecule has 1 aromatic heterocycles. The lowest BCUT2D eigenvalue weighted by Gasteiger charge is -2.22. The van der Waals surface area contributed by atoms with Crippen LogP contribution in [0.5, 0.6) is 0 Å². The molecule has 0 spiro atoms. The van der Waals surface area contributed by atoms with Gasteiger partial charge in [0.15, 0.2) is 0 Å². The molecule has 1 aromatic rings. The Balaban J connectivity index is 1.97. The lowest BCUT2D eigenvalue weighted by Crippen LogP contribution is -2.39. The van der Waals surface area contributed by atoms with Gasteiger partial charge in [-0.2, -0.15) is 0 Å². The van der Waals surface area contributed by atoms with Gasteiger partial charge in [-0.25, -0.2) is 4.98 Å². The van der Waals surface area contributed by atoms with Gasteiger partial charge in [-0.15, -0.1) is 0 Å². The van der Waals surface area contributed by atoms with Gasteiger partial charge < -0.3 is 5.32 Å². The third-order valence-corrected chi connectivity index (χ3v) is 3.75. The third kappa shape index (κ3) is 2.82. The van der Waals surface area contributed by atoms with Crippen LogP contribution < -0.4 is 5.32 Å². The number of rotatable bonds is 3. The number of halogens is 1. The summed E-state index contributed by atoms with van der Waals surface area (Å²) in [6.45, 7) is 4.56. The second kappa shape index (κ2) is 5.24. The largest absolute Gasteiger partial charge is 0.359 e. The molecule has 0 radical (unpaired) electrons. The minimum atomic E-state index is -0.269. The fourth-order valence-electron chi connectivity index (χ4n) is 2.44. The van der Waals surface area contributed by atoms with Crippen LogP contribution in [0.25, 0.3) is 0 Å². The Morgan fingerprint density at radius 1 is 1.61 bits per heavy atom. The van der Waals surface area contributed by atoms with Crippen LogP contribution in [-0.2, 0) is 11.3 Å². The molecule has 4 nitrogen and oxygen atoms in total. The molecule has 0 saturated carbocycles. The maximum Gasteiger partial charge on any atom is 0.227 e. The summed E-state index contributed by atoms with van der Waals surface area (Å²) in [5.41, 5.74) is 0.856. The number of aromatic nitrogens is 1. The number of likely N-dealkylation sites (tertiary alicyclic amines) is 1. The van der Waals surface area contributed by atoms with Crippen molar-refractivity contribution in [1.82, 2.24) is 15.2 Å². The molecule has 1 aliphatic heterocycles. The van der Waals surface area contributed by atoms with E-state index in [1.165, 1.54) is 0 Å². The van der Waals surface area contributed by atoms with Gasteiger partial charge in [0, 0.05) is 26.3 Å². The maximum absolute atomic E-state index is 11.8. The predicted molar refractivity (Wildman–Crippen MR) is 71.3 cm³/mol. The fraction of sp³-hybridized carbons (Fsp3) is 0.538. The molecule has 1 fully saturated rings. The molecule has 1 aliphatic rings. The number of amides is 1. The van der Waals surface area contributed by atoms with Crippen molar-refractivity contribution in [2.75, 3.05) is 20.1 Å². The van der Waals surface area contributed by atoms with Crippen molar-refractivity contribution < 1.29 is 4.79 Å². The van der Waals surface area contributed by atoms with Crippen LogP contribution in [0.1, 0.15) is 18.9 Å². The Kier molecular flexibility index (Phi) is 3.88. The average molecular weight is 268 g/mol. The summed E-state index contributed by atoms with van der Waals surface area (Å²) in [6.07, 6.45) is 2.69. The van der Waals surface area contributed by atoms with Gasteiger partial charge in [0.25, 0.3) is 0 Å². The zero-order chi connectivity index (χ0) is 13.2. The average Bonchev–Trinajstić information content (AvgIpc) is 2.74. The van der Waals surface area contributed by atoms with Gasteiger partial charge in [-0.1, -0.05) is 17.7 Å². The summed E-state index contributed by atoms with van der Waals surface area (Å²) in [4.78, 5) is 18.2. The molecule has 0 aromatic carbocycles. The van der Waals surface area contributed by atoms with Crippen molar-refractivity contribution in [2.24, 2.45) is 5.41 Å². The van der Waals surface area contributed by atoms with Crippen molar-refractivity contribution in [2.45, 2.75) is 19.9 Å². The molecule has 1 N–H and O–H groups in total. The first-order valence-electron chi connectivity index (χ1n) is 6.08. The molecule has 1 atom stereocenters. The maximum atomic E-state index is 11.8. The first kappa shape index (κ1) is 13.3. The lowest BCUT2D eigenvalue weighted by atomic mass is 9.89. The van der Waals surface area contributed by atoms with E-state index < -0.39 is 0 Å². The van der Waals surface area contributed by atoms with E-state index in [0.717, 1.165) is 31.6 Å². The predicted octanol–water partition coefficient (Wildman–Crippen LogP) is 1.69. The molecular weight excluding hydrogens is 250 g/mol. The quantitative estimate of drug-likeness (QED) is 0.848. The van der Waals surface area contributed by atoms with Crippen molar-refractivity contribution in [3.8, 4) is 0 Å². The van der Waals surface area contributed by atoms with Crippen LogP contribution in [-0.4, -0.2) is 35.9 Å². The molecule has 1 unspecified atom stereocenters. The Morgan fingerprint density at radius 2 is 2.39 bits per heavy atom. The zero-order valence-corrected chi connectivity index (χ0v) is 11.5. The molecule has 0 aliphatic carbocycles. The first-order chi connectivity index (χ1) is 8.53. The van der Waals surface area contributed by atoms with Gasteiger partial charge in [0.1, 0.15) is 5.15 Å². The highest BCUT2D eigenvalue weighted by Gasteiger charge is 2.39. The standard InChI is InChI=1S/C13H18ClN3O/c1-13(12(18)15-2)5-6-17(9-13)8-10-3-4-11(14)16-7-10/h3-4,7H,5-6,8-9H2,1-2H3,(H,15,18). The topological polar surface area (TPSA) is 45.2 Å². The summed E-state index contributed by atoms with van der Waals surface area (Å²) in [7, 11) is 1.69. The molecule has 18 heavy (non-hydrogen) atoms. The molecule has 1 saturated heterocycles. The van der Waals surface area contributed by atoms with E-state index in [-0.39, 0.29) is 11.3 Å². The number of hydrogen-bond donors (Lipinski definition) is 1. The molecule has 0 bridgehead atoms. The monoisotopic (exact) mass is 267 g/mol. The molecule has 2 rings (SSSR count). The van der Waals surface area contributed by atoms with Crippen LogP contribution in [0, 0.1) is 5.41 Å². The number of hydrogen-bond acceptors (Lipinski definition) is 3. The van der Waals surface area contributed by atoms with Crippen LogP contribution in [0.4, 0.5) is 0 Å². The summed E-state index contributed by atoms with van der Waals surface area (Å²) in [5, 5.41) is 3.25. The van der Waals surface area contributed by atoms with Gasteiger partial charge in [0.05, 0.1) is 5.41 Å². The van der Waals surface area contributed by atoms with Crippen molar-refractivity contribution in [3.05, 3.63) is 29.0 Å². The molecule has 5 heteroatoms. The van der Waals surface area contributed by atoms with Gasteiger partial charge in [-0.3, -0.25) is 9.69 Å². The van der Waals surface area contributed by atoms with Crippen molar-refractivity contribution in [3.63, 3.8) is 0 Å². The Bertz CT molecular complexity index is 434. The highest BCUT2D eigenvalue weighted by molar-refractivity contribution is 6.29. The SMILES string of the molecule is CNC(=O)C1(C)CCN(Cc2ccc(Cl)nc2)C1. The third-order valence-electron chi connectivity index (χ3n) is 3.52. The second-order valence-electron chi connectivity index (χ2n) is 5.09. The Labute approximate surface area is 112 Å². The number of nitrogens with one attached hydrogen (secondary N) is 1. The van der Waals surface area contributed by atoms with Crippen LogP contribution in [0.15, 0.2) is 18.3 Å². The summed E-state index contributed by atoms with van der Waals surface area (Å²) in [6, 6.07) is 3.77. The molecule has 98 valence electrons. The smallest absolute Gasteiger partial charge is 0.227 e. The number of nitrogens with zero attached hydrogens (tertiary/aromatic N) is 2. The van der Waals surface area contributed by atoms with Crippen molar-refractivity contribution >= 4 is 17.5 Å². The minimum Gasteiger partial charge on any atom is -0.359 e. The molecule has 1 amide bonds. The number of carbonyl (C=O) groups is 1. The van der Waals surface area contributed by atoms with Gasteiger partial charge >= 0.3 is 0 Å².